The van der Waals surface area contributed by atoms with Gasteiger partial charge in [0.15, 0.2) is 0 Å². The molecule has 0 aliphatic carbocycles. The van der Waals surface area contributed by atoms with E-state index in [2.05, 4.69) is 10.6 Å². The van der Waals surface area contributed by atoms with Crippen LogP contribution in [-0.2, 0) is 16.0 Å². The van der Waals surface area contributed by atoms with E-state index in [9.17, 15) is 9.59 Å². The first-order valence-corrected chi connectivity index (χ1v) is 7.52. The number of fused-ring (bicyclic) bond motifs is 1. The van der Waals surface area contributed by atoms with Crippen LogP contribution in [0.1, 0.15) is 17.5 Å². The Labute approximate surface area is 134 Å². The number of amides is 2. The van der Waals surface area contributed by atoms with Gasteiger partial charge in [-0.15, -0.1) is 0 Å². The number of hydrogen-bond acceptors (Lipinski definition) is 3. The van der Waals surface area contributed by atoms with Crippen LogP contribution >= 0.6 is 0 Å². The molecule has 2 amide bonds. The Bertz CT molecular complexity index is 756. The molecule has 5 heteroatoms. The number of benzene rings is 2. The van der Waals surface area contributed by atoms with Crippen molar-refractivity contribution >= 4 is 23.2 Å². The molecule has 5 nitrogen and oxygen atoms in total. The number of anilines is 2. The second kappa shape index (κ2) is 6.52. The Balaban J connectivity index is 1.70. The Hall–Kier alpha value is -2.82. The predicted octanol–water partition coefficient (Wildman–Crippen LogP) is 2.90. The van der Waals surface area contributed by atoms with Crippen LogP contribution in [0.25, 0.3) is 0 Å². The minimum Gasteiger partial charge on any atom is -0.491 e. The van der Waals surface area contributed by atoms with Gasteiger partial charge >= 0.3 is 0 Å². The van der Waals surface area contributed by atoms with E-state index < -0.39 is 0 Å². The smallest absolute Gasteiger partial charge is 0.228 e. The number of carbonyl (C=O) groups excluding carboxylic acids is 2. The van der Waals surface area contributed by atoms with Crippen molar-refractivity contribution in [3.8, 4) is 5.75 Å². The van der Waals surface area contributed by atoms with Crippen molar-refractivity contribution in [2.75, 3.05) is 17.2 Å². The van der Waals surface area contributed by atoms with Gasteiger partial charge in [-0.25, -0.2) is 0 Å². The summed E-state index contributed by atoms with van der Waals surface area (Å²) in [5, 5.41) is 5.63. The maximum Gasteiger partial charge on any atom is 0.228 e. The minimum atomic E-state index is -0.101. The van der Waals surface area contributed by atoms with Gasteiger partial charge in [-0.2, -0.15) is 0 Å². The largest absolute Gasteiger partial charge is 0.491 e. The number of hydrogen-bond donors (Lipinski definition) is 2. The third-order valence-electron chi connectivity index (χ3n) is 3.57. The van der Waals surface area contributed by atoms with E-state index in [0.29, 0.717) is 36.6 Å². The van der Waals surface area contributed by atoms with E-state index in [-0.39, 0.29) is 11.8 Å². The zero-order valence-electron chi connectivity index (χ0n) is 12.9. The zero-order valence-corrected chi connectivity index (χ0v) is 12.9. The van der Waals surface area contributed by atoms with Crippen LogP contribution in [0.15, 0.2) is 42.5 Å². The predicted molar refractivity (Wildman–Crippen MR) is 88.7 cm³/mol. The van der Waals surface area contributed by atoms with E-state index in [1.807, 2.05) is 31.2 Å². The van der Waals surface area contributed by atoms with E-state index >= 15 is 0 Å². The SMILES string of the molecule is Cc1cccc(CC(=O)Nc2ccc3c(c2)NC(=O)CCO3)c1. The van der Waals surface area contributed by atoms with Crippen molar-refractivity contribution in [1.29, 1.82) is 0 Å². The molecule has 1 heterocycles. The van der Waals surface area contributed by atoms with Gasteiger partial charge in [-0.3, -0.25) is 9.59 Å². The summed E-state index contributed by atoms with van der Waals surface area (Å²) in [7, 11) is 0. The maximum atomic E-state index is 12.2. The topological polar surface area (TPSA) is 67.4 Å². The van der Waals surface area contributed by atoms with Gasteiger partial charge in [-0.05, 0) is 30.7 Å². The molecular weight excluding hydrogens is 292 g/mol. The number of aryl methyl sites for hydroxylation is 1. The highest BCUT2D eigenvalue weighted by atomic mass is 16.5. The molecule has 0 atom stereocenters. The lowest BCUT2D eigenvalue weighted by Gasteiger charge is -2.11. The van der Waals surface area contributed by atoms with Gasteiger partial charge in [0.05, 0.1) is 25.1 Å². The molecule has 0 saturated heterocycles. The Morgan fingerprint density at radius 2 is 2.13 bits per heavy atom. The van der Waals surface area contributed by atoms with E-state index in [4.69, 9.17) is 4.74 Å². The summed E-state index contributed by atoms with van der Waals surface area (Å²) in [5.41, 5.74) is 3.31. The number of rotatable bonds is 3. The van der Waals surface area contributed by atoms with Crippen molar-refractivity contribution in [1.82, 2.24) is 0 Å². The first-order chi connectivity index (χ1) is 11.1. The molecule has 2 aromatic rings. The second-order valence-electron chi connectivity index (χ2n) is 5.57. The maximum absolute atomic E-state index is 12.2. The van der Waals surface area contributed by atoms with E-state index in [1.165, 1.54) is 0 Å². The third kappa shape index (κ3) is 3.88. The fourth-order valence-corrected chi connectivity index (χ4v) is 2.51. The van der Waals surface area contributed by atoms with Gasteiger partial charge < -0.3 is 15.4 Å². The third-order valence-corrected chi connectivity index (χ3v) is 3.57. The molecule has 0 bridgehead atoms. The summed E-state index contributed by atoms with van der Waals surface area (Å²) in [6, 6.07) is 13.1. The summed E-state index contributed by atoms with van der Waals surface area (Å²) >= 11 is 0. The molecule has 0 saturated carbocycles. The number of nitrogens with one attached hydrogen (secondary N) is 2. The van der Waals surface area contributed by atoms with Crippen molar-refractivity contribution in [3.05, 3.63) is 53.6 Å². The van der Waals surface area contributed by atoms with Gasteiger partial charge in [0.2, 0.25) is 11.8 Å². The van der Waals surface area contributed by atoms with Gasteiger partial charge in [0.1, 0.15) is 5.75 Å². The summed E-state index contributed by atoms with van der Waals surface area (Å²) in [6.07, 6.45) is 0.630. The standard InChI is InChI=1S/C18H18N2O3/c1-12-3-2-4-13(9-12)10-18(22)19-14-5-6-16-15(11-14)20-17(21)7-8-23-16/h2-6,9,11H,7-8,10H2,1H3,(H,19,22)(H,20,21). The van der Waals surface area contributed by atoms with Gasteiger partial charge in [0, 0.05) is 5.69 Å². The molecule has 0 radical (unpaired) electrons. The number of carbonyl (C=O) groups is 2. The van der Waals surface area contributed by atoms with Crippen LogP contribution < -0.4 is 15.4 Å². The van der Waals surface area contributed by atoms with Gasteiger partial charge in [0.25, 0.3) is 0 Å². The van der Waals surface area contributed by atoms with E-state index in [1.54, 1.807) is 18.2 Å². The first kappa shape index (κ1) is 15.1. The summed E-state index contributed by atoms with van der Waals surface area (Å²) in [6.45, 7) is 2.36. The van der Waals surface area contributed by atoms with Crippen molar-refractivity contribution in [2.45, 2.75) is 19.8 Å². The molecule has 1 aliphatic rings. The highest BCUT2D eigenvalue weighted by molar-refractivity contribution is 5.96. The molecule has 1 aliphatic heterocycles. The number of ether oxygens (including phenoxy) is 1. The molecule has 2 aromatic carbocycles. The van der Waals surface area contributed by atoms with Crippen LogP contribution in [-0.4, -0.2) is 18.4 Å². The van der Waals surface area contributed by atoms with E-state index in [0.717, 1.165) is 11.1 Å². The molecule has 0 aromatic heterocycles. The minimum absolute atomic E-state index is 0.0908. The van der Waals surface area contributed by atoms with Crippen molar-refractivity contribution in [2.24, 2.45) is 0 Å². The Kier molecular flexibility index (Phi) is 4.28. The van der Waals surface area contributed by atoms with Crippen molar-refractivity contribution in [3.63, 3.8) is 0 Å². The molecular formula is C18H18N2O3. The van der Waals surface area contributed by atoms with Crippen molar-refractivity contribution < 1.29 is 14.3 Å². The Morgan fingerprint density at radius 1 is 1.26 bits per heavy atom. The summed E-state index contributed by atoms with van der Waals surface area (Å²) in [4.78, 5) is 23.7. The fraction of sp³-hybridized carbons (Fsp3) is 0.222. The molecule has 0 fully saturated rings. The zero-order chi connectivity index (χ0) is 16.2. The van der Waals surface area contributed by atoms with Crippen LogP contribution in [0, 0.1) is 6.92 Å². The molecule has 118 valence electrons. The molecule has 23 heavy (non-hydrogen) atoms. The van der Waals surface area contributed by atoms with Gasteiger partial charge in [-0.1, -0.05) is 29.8 Å². The van der Waals surface area contributed by atoms with Crippen LogP contribution in [0.5, 0.6) is 5.75 Å². The average molecular weight is 310 g/mol. The summed E-state index contributed by atoms with van der Waals surface area (Å²) < 4.78 is 5.49. The highest BCUT2D eigenvalue weighted by Gasteiger charge is 2.14. The normalized spacial score (nSPS) is 13.3. The van der Waals surface area contributed by atoms with Crippen LogP contribution in [0.2, 0.25) is 0 Å². The molecule has 3 rings (SSSR count). The molecule has 0 unspecified atom stereocenters. The Morgan fingerprint density at radius 3 is 2.96 bits per heavy atom. The first-order valence-electron chi connectivity index (χ1n) is 7.52. The molecule has 0 spiro atoms. The average Bonchev–Trinajstić information content (AvgIpc) is 2.67. The lowest BCUT2D eigenvalue weighted by atomic mass is 10.1. The van der Waals surface area contributed by atoms with Crippen LogP contribution in [0.4, 0.5) is 11.4 Å². The monoisotopic (exact) mass is 310 g/mol. The summed E-state index contributed by atoms with van der Waals surface area (Å²) in [5.74, 6) is 0.427. The van der Waals surface area contributed by atoms with Crippen LogP contribution in [0.3, 0.4) is 0 Å². The quantitative estimate of drug-likeness (QED) is 0.916. The highest BCUT2D eigenvalue weighted by Crippen LogP contribution is 2.30. The molecule has 2 N–H and O–H groups in total. The fourth-order valence-electron chi connectivity index (χ4n) is 2.51. The lowest BCUT2D eigenvalue weighted by Crippen LogP contribution is -2.15. The second-order valence-corrected chi connectivity index (χ2v) is 5.57. The lowest BCUT2D eigenvalue weighted by molar-refractivity contribution is -0.116.